The van der Waals surface area contributed by atoms with E-state index in [1.165, 1.54) is 0 Å². The van der Waals surface area contributed by atoms with Gasteiger partial charge in [-0.15, -0.1) is 0 Å². The number of aliphatic imine (C=N–C) groups is 1. The highest BCUT2D eigenvalue weighted by molar-refractivity contribution is 6.67. The predicted octanol–water partition coefficient (Wildman–Crippen LogP) is 3.18. The standard InChI is InChI=1S/C12H14BClN4.C2H6/c14-11-6-10(17-12-3-5-16-18(11)12)9-2-1-4-13(7-9)8-15;1-2/h3,6,9,16H,1-2,4-5,7H2;1-2H3. The molecule has 0 aromatic rings. The van der Waals surface area contributed by atoms with Gasteiger partial charge < -0.3 is 0 Å². The predicted molar refractivity (Wildman–Crippen MR) is 84.3 cm³/mol. The minimum Gasteiger partial charge on any atom is -0.248 e. The van der Waals surface area contributed by atoms with Crippen molar-refractivity contribution in [3.05, 3.63) is 23.1 Å². The van der Waals surface area contributed by atoms with Crippen LogP contribution in [0.3, 0.4) is 0 Å². The number of nitriles is 1. The van der Waals surface area contributed by atoms with Gasteiger partial charge in [0.25, 0.3) is 6.71 Å². The number of nitrogens with one attached hydrogen (secondary N) is 1. The Labute approximate surface area is 126 Å². The highest BCUT2D eigenvalue weighted by Gasteiger charge is 2.31. The average molecular weight is 291 g/mol. The molecule has 0 radical (unpaired) electrons. The molecule has 0 bridgehead atoms. The molecule has 3 heterocycles. The van der Waals surface area contributed by atoms with Crippen LogP contribution in [0.5, 0.6) is 0 Å². The minimum atomic E-state index is 0.173. The molecule has 4 nitrogen and oxygen atoms in total. The largest absolute Gasteiger partial charge is 0.268 e. The quantitative estimate of drug-likeness (QED) is 0.596. The van der Waals surface area contributed by atoms with Gasteiger partial charge >= 0.3 is 0 Å². The summed E-state index contributed by atoms with van der Waals surface area (Å²) in [5.74, 6) is 3.65. The monoisotopic (exact) mass is 290 g/mol. The van der Waals surface area contributed by atoms with Crippen LogP contribution in [0.15, 0.2) is 28.1 Å². The summed E-state index contributed by atoms with van der Waals surface area (Å²) >= 11 is 6.24. The van der Waals surface area contributed by atoms with Crippen molar-refractivity contribution in [1.82, 2.24) is 10.4 Å². The van der Waals surface area contributed by atoms with Crippen molar-refractivity contribution < 1.29 is 0 Å². The number of hydrazine groups is 1. The Morgan fingerprint density at radius 3 is 3.10 bits per heavy atom. The zero-order chi connectivity index (χ0) is 14.5. The highest BCUT2D eigenvalue weighted by Crippen LogP contribution is 2.31. The van der Waals surface area contributed by atoms with Gasteiger partial charge in [-0.2, -0.15) is 0 Å². The SMILES string of the molecule is CC.N#CB1CCCC(C2=NC3=CCNN3C(Cl)=C2)C1. The number of fused-ring (bicyclic) bond motifs is 1. The second kappa shape index (κ2) is 6.96. The molecule has 0 aromatic carbocycles. The van der Waals surface area contributed by atoms with Crippen LogP contribution in [0.4, 0.5) is 0 Å². The number of hydrogen-bond donors (Lipinski definition) is 1. The summed E-state index contributed by atoms with van der Waals surface area (Å²) in [7, 11) is 0. The van der Waals surface area contributed by atoms with Crippen molar-refractivity contribution in [2.75, 3.05) is 6.54 Å². The molecular formula is C14H20BClN4. The van der Waals surface area contributed by atoms with E-state index in [-0.39, 0.29) is 6.71 Å². The molecule has 3 aliphatic rings. The fourth-order valence-electron chi connectivity index (χ4n) is 2.82. The molecular weight excluding hydrogens is 270 g/mol. The van der Waals surface area contributed by atoms with Crippen LogP contribution in [0.1, 0.15) is 26.7 Å². The van der Waals surface area contributed by atoms with Crippen LogP contribution in [-0.4, -0.2) is 24.0 Å². The Hall–Kier alpha value is -1.25. The second-order valence-electron chi connectivity index (χ2n) is 4.95. The first kappa shape index (κ1) is 15.1. The lowest BCUT2D eigenvalue weighted by Gasteiger charge is -2.28. The van der Waals surface area contributed by atoms with E-state index in [1.807, 2.05) is 26.0 Å². The normalized spacial score (nSPS) is 24.7. The van der Waals surface area contributed by atoms with Crippen molar-refractivity contribution in [3.63, 3.8) is 0 Å². The van der Waals surface area contributed by atoms with Crippen LogP contribution in [-0.2, 0) is 0 Å². The summed E-state index contributed by atoms with van der Waals surface area (Å²) in [5.41, 5.74) is 4.17. The van der Waals surface area contributed by atoms with Crippen LogP contribution in [0.25, 0.3) is 0 Å². The second-order valence-corrected chi connectivity index (χ2v) is 5.34. The third-order valence-electron chi connectivity index (χ3n) is 3.76. The first-order valence-corrected chi connectivity index (χ1v) is 7.75. The molecule has 3 rings (SSSR count). The van der Waals surface area contributed by atoms with Crippen LogP contribution >= 0.6 is 11.6 Å². The molecule has 6 heteroatoms. The van der Waals surface area contributed by atoms with E-state index < -0.39 is 0 Å². The number of hydrogen-bond acceptors (Lipinski definition) is 4. The third kappa shape index (κ3) is 3.08. The van der Waals surface area contributed by atoms with E-state index in [0.717, 1.165) is 43.6 Å². The van der Waals surface area contributed by atoms with Crippen molar-refractivity contribution in [2.24, 2.45) is 10.9 Å². The van der Waals surface area contributed by atoms with Gasteiger partial charge in [-0.3, -0.25) is 0 Å². The first-order valence-electron chi connectivity index (χ1n) is 7.37. The summed E-state index contributed by atoms with van der Waals surface area (Å²) in [6.45, 7) is 4.94. The number of halogens is 1. The fourth-order valence-corrected chi connectivity index (χ4v) is 3.08. The third-order valence-corrected chi connectivity index (χ3v) is 4.04. The zero-order valence-electron chi connectivity index (χ0n) is 12.1. The van der Waals surface area contributed by atoms with E-state index in [9.17, 15) is 0 Å². The fraction of sp³-hybridized carbons (Fsp3) is 0.571. The molecule has 106 valence electrons. The van der Waals surface area contributed by atoms with E-state index in [0.29, 0.717) is 11.1 Å². The van der Waals surface area contributed by atoms with Gasteiger partial charge in [-0.25, -0.2) is 20.7 Å². The van der Waals surface area contributed by atoms with E-state index in [4.69, 9.17) is 16.9 Å². The van der Waals surface area contributed by atoms with Gasteiger partial charge in [0, 0.05) is 18.2 Å². The zero-order valence-corrected chi connectivity index (χ0v) is 12.8. The van der Waals surface area contributed by atoms with Gasteiger partial charge in [0.2, 0.25) is 0 Å². The van der Waals surface area contributed by atoms with Crippen LogP contribution in [0.2, 0.25) is 12.6 Å². The molecule has 0 amide bonds. The van der Waals surface area contributed by atoms with Crippen molar-refractivity contribution >= 4 is 24.0 Å². The molecule has 1 N–H and O–H groups in total. The number of nitrogens with zero attached hydrogens (tertiary/aromatic N) is 3. The molecule has 1 atom stereocenters. The molecule has 0 aromatic heterocycles. The summed E-state index contributed by atoms with van der Waals surface area (Å²) in [6.07, 6.45) is 8.11. The maximum Gasteiger partial charge on any atom is 0.268 e. The summed E-state index contributed by atoms with van der Waals surface area (Å²) in [4.78, 5) is 4.66. The Morgan fingerprint density at radius 1 is 1.55 bits per heavy atom. The Bertz CT molecular complexity index is 492. The topological polar surface area (TPSA) is 51.4 Å². The van der Waals surface area contributed by atoms with Crippen molar-refractivity contribution in [3.8, 4) is 5.97 Å². The van der Waals surface area contributed by atoms with E-state index in [2.05, 4.69) is 16.4 Å². The maximum absolute atomic E-state index is 9.05. The lowest BCUT2D eigenvalue weighted by Crippen LogP contribution is -2.34. The summed E-state index contributed by atoms with van der Waals surface area (Å²) in [5, 5.41) is 11.5. The molecule has 0 spiro atoms. The molecule has 1 saturated heterocycles. The Kier molecular flexibility index (Phi) is 5.27. The average Bonchev–Trinajstić information content (AvgIpc) is 2.98. The Balaban J connectivity index is 0.000000704. The lowest BCUT2D eigenvalue weighted by atomic mass is 9.40. The maximum atomic E-state index is 9.05. The summed E-state index contributed by atoms with van der Waals surface area (Å²) < 4.78 is 0. The number of rotatable bonds is 1. The van der Waals surface area contributed by atoms with E-state index in [1.54, 1.807) is 5.01 Å². The van der Waals surface area contributed by atoms with Crippen LogP contribution in [0, 0.1) is 17.1 Å². The lowest BCUT2D eigenvalue weighted by molar-refractivity contribution is 0.370. The van der Waals surface area contributed by atoms with Crippen molar-refractivity contribution in [2.45, 2.75) is 39.3 Å². The number of allylic oxidation sites excluding steroid dienone is 1. The van der Waals surface area contributed by atoms with Crippen LogP contribution < -0.4 is 5.43 Å². The molecule has 0 aliphatic carbocycles. The van der Waals surface area contributed by atoms with E-state index >= 15 is 0 Å². The smallest absolute Gasteiger partial charge is 0.248 e. The molecule has 1 unspecified atom stereocenters. The van der Waals surface area contributed by atoms with Gasteiger partial charge in [-0.05, 0) is 24.5 Å². The van der Waals surface area contributed by atoms with Gasteiger partial charge in [0.05, 0.1) is 0 Å². The molecule has 0 saturated carbocycles. The first-order chi connectivity index (χ1) is 9.78. The molecule has 20 heavy (non-hydrogen) atoms. The van der Waals surface area contributed by atoms with Gasteiger partial charge in [-0.1, -0.05) is 44.5 Å². The van der Waals surface area contributed by atoms with Gasteiger partial charge in [0.15, 0.2) is 0 Å². The molecule has 1 fully saturated rings. The van der Waals surface area contributed by atoms with Crippen molar-refractivity contribution in [1.29, 1.82) is 5.26 Å². The minimum absolute atomic E-state index is 0.173. The molecule has 3 aliphatic heterocycles. The van der Waals surface area contributed by atoms with Gasteiger partial charge in [0.1, 0.15) is 11.0 Å². The highest BCUT2D eigenvalue weighted by atomic mass is 35.5. The Morgan fingerprint density at radius 2 is 2.35 bits per heavy atom. The summed E-state index contributed by atoms with van der Waals surface area (Å²) in [6, 6.07) is 0.